The molecule has 106 valence electrons. The highest BCUT2D eigenvalue weighted by atomic mass is 35.5. The molecule has 0 amide bonds. The first-order valence-electron chi connectivity index (χ1n) is 5.88. The third kappa shape index (κ3) is 3.45. The minimum Gasteiger partial charge on any atom is -0.494 e. The molecule has 0 aliphatic carbocycles. The first-order chi connectivity index (χ1) is 9.62. The minimum absolute atomic E-state index is 0.0625. The van der Waals surface area contributed by atoms with E-state index in [0.29, 0.717) is 18.2 Å². The van der Waals surface area contributed by atoms with E-state index >= 15 is 0 Å². The number of ether oxygens (including phenoxy) is 1. The summed E-state index contributed by atoms with van der Waals surface area (Å²) in [7, 11) is 1.39. The van der Waals surface area contributed by atoms with Gasteiger partial charge < -0.3 is 15.4 Å². The lowest BCUT2D eigenvalue weighted by Gasteiger charge is -2.09. The molecule has 0 radical (unpaired) electrons. The summed E-state index contributed by atoms with van der Waals surface area (Å²) in [5.74, 6) is 0.306. The minimum atomic E-state index is -0.444. The topological polar surface area (TPSA) is 72.0 Å². The molecular formula is C12H13ClFN5O. The lowest BCUT2D eigenvalue weighted by Crippen LogP contribution is -2.06. The maximum absolute atomic E-state index is 13.3. The smallest absolute Gasteiger partial charge is 0.233 e. The van der Waals surface area contributed by atoms with Gasteiger partial charge >= 0.3 is 0 Å². The van der Waals surface area contributed by atoms with Crippen molar-refractivity contribution in [1.82, 2.24) is 15.0 Å². The zero-order valence-corrected chi connectivity index (χ0v) is 11.7. The van der Waals surface area contributed by atoms with Gasteiger partial charge in [0.1, 0.15) is 0 Å². The van der Waals surface area contributed by atoms with Gasteiger partial charge in [-0.15, -0.1) is 0 Å². The van der Waals surface area contributed by atoms with Crippen LogP contribution in [0.5, 0.6) is 5.75 Å². The van der Waals surface area contributed by atoms with Crippen molar-refractivity contribution in [2.45, 2.75) is 6.92 Å². The zero-order chi connectivity index (χ0) is 14.5. The van der Waals surface area contributed by atoms with Crippen LogP contribution in [-0.2, 0) is 0 Å². The Morgan fingerprint density at radius 3 is 2.70 bits per heavy atom. The van der Waals surface area contributed by atoms with Gasteiger partial charge in [0.2, 0.25) is 17.2 Å². The standard InChI is InChI=1S/C12H13ClFN5O/c1-3-15-11-17-10(13)18-12(19-11)16-7-4-5-8(14)9(6-7)20-2/h4-6H,3H2,1-2H3,(H2,15,16,17,18,19). The van der Waals surface area contributed by atoms with Gasteiger partial charge in [0.05, 0.1) is 7.11 Å². The normalized spacial score (nSPS) is 10.2. The average Bonchev–Trinajstić information content (AvgIpc) is 2.40. The number of aromatic nitrogens is 3. The Kier molecular flexibility index (Phi) is 4.52. The number of benzene rings is 1. The Morgan fingerprint density at radius 1 is 1.25 bits per heavy atom. The third-order valence-electron chi connectivity index (χ3n) is 2.35. The highest BCUT2D eigenvalue weighted by Crippen LogP contribution is 2.23. The molecular weight excluding hydrogens is 285 g/mol. The molecule has 2 N–H and O–H groups in total. The Morgan fingerprint density at radius 2 is 2.00 bits per heavy atom. The van der Waals surface area contributed by atoms with E-state index in [1.165, 1.54) is 19.2 Å². The number of methoxy groups -OCH3 is 1. The number of rotatable bonds is 5. The second kappa shape index (κ2) is 6.33. The highest BCUT2D eigenvalue weighted by Gasteiger charge is 2.07. The summed E-state index contributed by atoms with van der Waals surface area (Å²) in [5.41, 5.74) is 0.577. The second-order valence-corrected chi connectivity index (χ2v) is 4.09. The predicted molar refractivity (Wildman–Crippen MR) is 75.2 cm³/mol. The van der Waals surface area contributed by atoms with Gasteiger partial charge in [-0.05, 0) is 30.7 Å². The quantitative estimate of drug-likeness (QED) is 0.884. The molecule has 0 saturated carbocycles. The number of hydrogen-bond acceptors (Lipinski definition) is 6. The number of halogens is 2. The van der Waals surface area contributed by atoms with Crippen molar-refractivity contribution in [3.05, 3.63) is 29.3 Å². The Labute approximate surface area is 120 Å². The predicted octanol–water partition coefficient (Wildman–Crippen LogP) is 2.85. The van der Waals surface area contributed by atoms with Crippen molar-refractivity contribution >= 4 is 29.2 Å². The largest absolute Gasteiger partial charge is 0.494 e. The first kappa shape index (κ1) is 14.3. The van der Waals surface area contributed by atoms with Crippen molar-refractivity contribution < 1.29 is 9.13 Å². The number of nitrogens with one attached hydrogen (secondary N) is 2. The van der Waals surface area contributed by atoms with E-state index in [-0.39, 0.29) is 17.0 Å². The summed E-state index contributed by atoms with van der Waals surface area (Å²) < 4.78 is 18.2. The van der Waals surface area contributed by atoms with Crippen molar-refractivity contribution in [2.24, 2.45) is 0 Å². The molecule has 0 bridgehead atoms. The van der Waals surface area contributed by atoms with Crippen LogP contribution in [-0.4, -0.2) is 28.6 Å². The molecule has 0 saturated heterocycles. The maximum Gasteiger partial charge on any atom is 0.233 e. The summed E-state index contributed by atoms with van der Waals surface area (Å²) in [4.78, 5) is 12.0. The van der Waals surface area contributed by atoms with Gasteiger partial charge in [0, 0.05) is 18.3 Å². The molecule has 0 spiro atoms. The van der Waals surface area contributed by atoms with E-state index < -0.39 is 5.82 Å². The molecule has 6 nitrogen and oxygen atoms in total. The van der Waals surface area contributed by atoms with Gasteiger partial charge in [-0.25, -0.2) is 4.39 Å². The fraction of sp³-hybridized carbons (Fsp3) is 0.250. The molecule has 1 aromatic carbocycles. The third-order valence-corrected chi connectivity index (χ3v) is 2.52. The van der Waals surface area contributed by atoms with Gasteiger partial charge in [0.25, 0.3) is 0 Å². The summed E-state index contributed by atoms with van der Waals surface area (Å²) in [5, 5.41) is 5.91. The number of nitrogens with zero attached hydrogens (tertiary/aromatic N) is 3. The van der Waals surface area contributed by atoms with Crippen LogP contribution < -0.4 is 15.4 Å². The molecule has 20 heavy (non-hydrogen) atoms. The van der Waals surface area contributed by atoms with Crippen molar-refractivity contribution in [2.75, 3.05) is 24.3 Å². The number of anilines is 3. The summed E-state index contributed by atoms with van der Waals surface area (Å²) in [6, 6.07) is 4.33. The van der Waals surface area contributed by atoms with Gasteiger partial charge in [-0.2, -0.15) is 15.0 Å². The van der Waals surface area contributed by atoms with Crippen LogP contribution in [0.3, 0.4) is 0 Å². The Bertz CT molecular complexity index is 610. The average molecular weight is 298 g/mol. The Hall–Kier alpha value is -2.15. The SMILES string of the molecule is CCNc1nc(Cl)nc(Nc2ccc(F)c(OC)c2)n1. The molecule has 0 unspecified atom stereocenters. The Balaban J connectivity index is 2.25. The monoisotopic (exact) mass is 297 g/mol. The molecule has 2 rings (SSSR count). The van der Waals surface area contributed by atoms with E-state index in [1.54, 1.807) is 6.07 Å². The van der Waals surface area contributed by atoms with Crippen molar-refractivity contribution in [3.8, 4) is 5.75 Å². The van der Waals surface area contributed by atoms with Crippen LogP contribution in [0.15, 0.2) is 18.2 Å². The van der Waals surface area contributed by atoms with Crippen molar-refractivity contribution in [3.63, 3.8) is 0 Å². The molecule has 0 aliphatic heterocycles. The lowest BCUT2D eigenvalue weighted by atomic mass is 10.3. The molecule has 1 heterocycles. The van der Waals surface area contributed by atoms with Gasteiger partial charge in [-0.3, -0.25) is 0 Å². The van der Waals surface area contributed by atoms with Crippen LogP contribution in [0.4, 0.5) is 22.0 Å². The molecule has 1 aromatic heterocycles. The van der Waals surface area contributed by atoms with Gasteiger partial charge in [0.15, 0.2) is 11.6 Å². The first-order valence-corrected chi connectivity index (χ1v) is 6.26. The highest BCUT2D eigenvalue weighted by molar-refractivity contribution is 6.28. The summed E-state index contributed by atoms with van der Waals surface area (Å²) in [6.45, 7) is 2.57. The van der Waals surface area contributed by atoms with E-state index in [9.17, 15) is 4.39 Å². The van der Waals surface area contributed by atoms with E-state index in [1.807, 2.05) is 6.92 Å². The molecule has 2 aromatic rings. The maximum atomic E-state index is 13.3. The van der Waals surface area contributed by atoms with Gasteiger partial charge in [-0.1, -0.05) is 0 Å². The summed E-state index contributed by atoms with van der Waals surface area (Å²) in [6.07, 6.45) is 0. The van der Waals surface area contributed by atoms with Crippen LogP contribution >= 0.6 is 11.6 Å². The summed E-state index contributed by atoms with van der Waals surface area (Å²) >= 11 is 5.81. The van der Waals surface area contributed by atoms with Crippen LogP contribution in [0.25, 0.3) is 0 Å². The van der Waals surface area contributed by atoms with E-state index in [0.717, 1.165) is 0 Å². The fourth-order valence-electron chi connectivity index (χ4n) is 1.51. The molecule has 0 fully saturated rings. The molecule has 0 aliphatic rings. The molecule has 8 heteroatoms. The van der Waals surface area contributed by atoms with Crippen molar-refractivity contribution in [1.29, 1.82) is 0 Å². The zero-order valence-electron chi connectivity index (χ0n) is 10.9. The van der Waals surface area contributed by atoms with E-state index in [2.05, 4.69) is 25.6 Å². The fourth-order valence-corrected chi connectivity index (χ4v) is 1.67. The molecule has 0 atom stereocenters. The van der Waals surface area contributed by atoms with E-state index in [4.69, 9.17) is 16.3 Å². The lowest BCUT2D eigenvalue weighted by molar-refractivity contribution is 0.387. The van der Waals surface area contributed by atoms with Crippen LogP contribution in [0.2, 0.25) is 5.28 Å². The second-order valence-electron chi connectivity index (χ2n) is 3.76. The number of hydrogen-bond donors (Lipinski definition) is 2. The van der Waals surface area contributed by atoms with Crippen LogP contribution in [0, 0.1) is 5.82 Å². The van der Waals surface area contributed by atoms with Crippen LogP contribution in [0.1, 0.15) is 6.92 Å².